The van der Waals surface area contributed by atoms with Crippen molar-refractivity contribution in [3.8, 4) is 39.4 Å². The van der Waals surface area contributed by atoms with Gasteiger partial charge in [0, 0.05) is 22.2 Å². The molecule has 0 fully saturated rings. The maximum atomic E-state index is 10.6. The Hall–Kier alpha value is -3.89. The van der Waals surface area contributed by atoms with Gasteiger partial charge < -0.3 is 5.11 Å². The van der Waals surface area contributed by atoms with Crippen LogP contribution in [-0.2, 0) is 0 Å². The van der Waals surface area contributed by atoms with Crippen molar-refractivity contribution in [1.29, 1.82) is 0 Å². The number of phenols is 1. The van der Waals surface area contributed by atoms with E-state index < -0.39 is 0 Å². The second-order valence-corrected chi connectivity index (χ2v) is 9.30. The monoisotopic (exact) mass is 460 g/mol. The molecule has 0 aliphatic heterocycles. The zero-order valence-corrected chi connectivity index (χ0v) is 19.9. The zero-order chi connectivity index (χ0) is 23.5. The van der Waals surface area contributed by atoms with E-state index in [0.29, 0.717) is 0 Å². The summed E-state index contributed by atoms with van der Waals surface area (Å²) in [6.45, 7) is 4.26. The van der Waals surface area contributed by atoms with Crippen LogP contribution in [0.2, 0.25) is 0 Å². The molecule has 0 radical (unpaired) electrons. The maximum Gasteiger partial charge on any atom is 0.124 e. The summed E-state index contributed by atoms with van der Waals surface area (Å²) >= 11 is 1.63. The number of aryl methyl sites for hydroxylation is 2. The molecule has 4 heteroatoms. The largest absolute Gasteiger partial charge is 0.507 e. The minimum absolute atomic E-state index is 0.221. The molecule has 0 amide bonds. The Morgan fingerprint density at radius 2 is 1.41 bits per heavy atom. The van der Waals surface area contributed by atoms with Crippen molar-refractivity contribution < 1.29 is 5.11 Å². The van der Waals surface area contributed by atoms with E-state index in [-0.39, 0.29) is 5.75 Å². The summed E-state index contributed by atoms with van der Waals surface area (Å²) in [6, 6.07) is 32.2. The maximum absolute atomic E-state index is 10.6. The van der Waals surface area contributed by atoms with Crippen LogP contribution in [0, 0.1) is 13.8 Å². The lowest BCUT2D eigenvalue weighted by atomic mass is 9.93. The van der Waals surface area contributed by atoms with Gasteiger partial charge in [-0.2, -0.15) is 0 Å². The zero-order valence-electron chi connectivity index (χ0n) is 19.1. The Labute approximate surface area is 204 Å². The molecule has 2 aromatic heterocycles. The van der Waals surface area contributed by atoms with E-state index in [2.05, 4.69) is 67.4 Å². The molecule has 0 unspecified atom stereocenters. The number of pyridine rings is 2. The van der Waals surface area contributed by atoms with E-state index in [1.54, 1.807) is 24.0 Å². The number of para-hydroxylation sites is 1. The lowest BCUT2D eigenvalue weighted by molar-refractivity contribution is 0.477. The molecule has 0 saturated heterocycles. The minimum Gasteiger partial charge on any atom is -0.507 e. The highest BCUT2D eigenvalue weighted by atomic mass is 32.2. The van der Waals surface area contributed by atoms with Crippen molar-refractivity contribution in [2.75, 3.05) is 0 Å². The number of benzene rings is 3. The van der Waals surface area contributed by atoms with Crippen molar-refractivity contribution in [3.63, 3.8) is 0 Å². The number of hydrogen-bond donors (Lipinski definition) is 1. The van der Waals surface area contributed by atoms with Gasteiger partial charge in [0.25, 0.3) is 0 Å². The molecule has 2 heterocycles. The highest BCUT2D eigenvalue weighted by molar-refractivity contribution is 7.99. The third-order valence-electron chi connectivity index (χ3n) is 5.77. The highest BCUT2D eigenvalue weighted by Gasteiger charge is 2.14. The molecule has 3 aromatic carbocycles. The van der Waals surface area contributed by atoms with Gasteiger partial charge >= 0.3 is 0 Å². The Morgan fingerprint density at radius 3 is 2.18 bits per heavy atom. The molecule has 0 atom stereocenters. The van der Waals surface area contributed by atoms with Crippen LogP contribution < -0.4 is 0 Å². The Morgan fingerprint density at radius 1 is 0.676 bits per heavy atom. The number of phenolic OH excluding ortho intramolecular Hbond substituents is 1. The first-order valence-electron chi connectivity index (χ1n) is 11.1. The average Bonchev–Trinajstić information content (AvgIpc) is 2.85. The second-order valence-electron chi connectivity index (χ2n) is 8.21. The quantitative estimate of drug-likeness (QED) is 0.289. The molecule has 0 aliphatic carbocycles. The first-order chi connectivity index (χ1) is 16.6. The Balaban J connectivity index is 1.66. The van der Waals surface area contributed by atoms with Gasteiger partial charge in [0.15, 0.2) is 0 Å². The number of rotatable bonds is 5. The normalized spacial score (nSPS) is 10.9. The van der Waals surface area contributed by atoms with Gasteiger partial charge in [-0.25, -0.2) is 9.97 Å². The summed E-state index contributed by atoms with van der Waals surface area (Å²) in [7, 11) is 0. The molecule has 5 rings (SSSR count). The fourth-order valence-corrected chi connectivity index (χ4v) is 5.00. The molecule has 1 N–H and O–H groups in total. The topological polar surface area (TPSA) is 46.0 Å². The van der Waals surface area contributed by atoms with Gasteiger partial charge in [0.2, 0.25) is 0 Å². The Kier molecular flexibility index (Phi) is 6.15. The van der Waals surface area contributed by atoms with Gasteiger partial charge in [0.05, 0.1) is 11.4 Å². The molecular formula is C30H24N2OS. The lowest BCUT2D eigenvalue weighted by Gasteiger charge is -2.15. The van der Waals surface area contributed by atoms with E-state index >= 15 is 0 Å². The molecule has 0 spiro atoms. The van der Waals surface area contributed by atoms with E-state index in [1.807, 2.05) is 42.5 Å². The molecule has 0 bridgehead atoms. The van der Waals surface area contributed by atoms with Crippen LogP contribution in [-0.4, -0.2) is 15.1 Å². The number of nitrogens with zero attached hydrogens (tertiary/aromatic N) is 2. The summed E-state index contributed by atoms with van der Waals surface area (Å²) in [5.41, 5.74) is 8.04. The predicted molar refractivity (Wildman–Crippen MR) is 140 cm³/mol. The van der Waals surface area contributed by atoms with E-state index in [9.17, 15) is 5.11 Å². The summed E-state index contributed by atoms with van der Waals surface area (Å²) in [4.78, 5) is 10.5. The van der Waals surface area contributed by atoms with Gasteiger partial charge in [-0.05, 0) is 84.6 Å². The second kappa shape index (κ2) is 9.54. The van der Waals surface area contributed by atoms with E-state index in [4.69, 9.17) is 4.98 Å². The van der Waals surface area contributed by atoms with Gasteiger partial charge in [-0.3, -0.25) is 0 Å². The first-order valence-corrected chi connectivity index (χ1v) is 12.0. The summed E-state index contributed by atoms with van der Waals surface area (Å²) in [6.07, 6.45) is 1.81. The lowest BCUT2D eigenvalue weighted by Crippen LogP contribution is -1.94. The van der Waals surface area contributed by atoms with E-state index in [0.717, 1.165) is 38.0 Å². The predicted octanol–water partition coefficient (Wildman–Crippen LogP) is 7.95. The highest BCUT2D eigenvalue weighted by Crippen LogP contribution is 2.37. The number of aromatic hydroxyl groups is 1. The summed E-state index contributed by atoms with van der Waals surface area (Å²) in [5.74, 6) is 0.221. The summed E-state index contributed by atoms with van der Waals surface area (Å²) in [5, 5.41) is 11.5. The SMILES string of the molecule is Cc1cccc(C)c1-c1cc(-c2cccc(Sc3ccccn3)c2)nc(-c2ccccc2O)c1. The van der Waals surface area contributed by atoms with Crippen LogP contribution in [0.4, 0.5) is 0 Å². The van der Waals surface area contributed by atoms with Gasteiger partial charge in [-0.1, -0.05) is 60.3 Å². The smallest absolute Gasteiger partial charge is 0.124 e. The van der Waals surface area contributed by atoms with Crippen LogP contribution in [0.15, 0.2) is 113 Å². The van der Waals surface area contributed by atoms with Crippen LogP contribution in [0.1, 0.15) is 11.1 Å². The van der Waals surface area contributed by atoms with Crippen molar-refractivity contribution in [3.05, 3.63) is 114 Å². The minimum atomic E-state index is 0.221. The fraction of sp³-hybridized carbons (Fsp3) is 0.0667. The fourth-order valence-electron chi connectivity index (χ4n) is 4.17. The first kappa shape index (κ1) is 21.9. The number of aromatic nitrogens is 2. The molecule has 166 valence electrons. The molecule has 5 aromatic rings. The van der Waals surface area contributed by atoms with Crippen molar-refractivity contribution >= 4 is 11.8 Å². The third-order valence-corrected chi connectivity index (χ3v) is 6.71. The summed E-state index contributed by atoms with van der Waals surface area (Å²) < 4.78 is 0. The molecular weight excluding hydrogens is 436 g/mol. The van der Waals surface area contributed by atoms with Crippen LogP contribution >= 0.6 is 11.8 Å². The molecule has 3 nitrogen and oxygen atoms in total. The Bertz CT molecular complexity index is 1440. The van der Waals surface area contributed by atoms with Gasteiger partial charge in [0.1, 0.15) is 10.8 Å². The molecule has 0 aliphatic rings. The van der Waals surface area contributed by atoms with Crippen molar-refractivity contribution in [2.24, 2.45) is 0 Å². The average molecular weight is 461 g/mol. The van der Waals surface area contributed by atoms with Crippen molar-refractivity contribution in [2.45, 2.75) is 23.8 Å². The van der Waals surface area contributed by atoms with Crippen molar-refractivity contribution in [1.82, 2.24) is 9.97 Å². The van der Waals surface area contributed by atoms with E-state index in [1.165, 1.54) is 16.7 Å². The van der Waals surface area contributed by atoms with Crippen LogP contribution in [0.25, 0.3) is 33.6 Å². The van der Waals surface area contributed by atoms with Gasteiger partial charge in [-0.15, -0.1) is 0 Å². The standard InChI is InChI=1S/C30H24N2OS/c1-20-9-7-10-21(2)30(20)23-18-26(32-27(19-23)25-13-3-4-14-28(25)33)22-11-8-12-24(17-22)34-29-15-5-6-16-31-29/h3-19,33H,1-2H3. The van der Waals surface area contributed by atoms with Crippen LogP contribution in [0.3, 0.4) is 0 Å². The molecule has 0 saturated carbocycles. The third kappa shape index (κ3) is 4.59. The molecule has 34 heavy (non-hydrogen) atoms. The van der Waals surface area contributed by atoms with Crippen LogP contribution in [0.5, 0.6) is 5.75 Å². The number of hydrogen-bond acceptors (Lipinski definition) is 4.